The summed E-state index contributed by atoms with van der Waals surface area (Å²) in [5.74, 6) is 0. The van der Waals surface area contributed by atoms with Gasteiger partial charge in [-0.2, -0.15) is 4.99 Å². The van der Waals surface area contributed by atoms with Crippen LogP contribution in [0.1, 0.15) is 18.5 Å². The Labute approximate surface area is 123 Å². The molecule has 5 nitrogen and oxygen atoms in total. The lowest BCUT2D eigenvalue weighted by Gasteiger charge is -2.14. The van der Waals surface area contributed by atoms with Crippen LogP contribution in [0.2, 0.25) is 0 Å². The fourth-order valence-electron chi connectivity index (χ4n) is 1.86. The van der Waals surface area contributed by atoms with Crippen LogP contribution in [-0.2, 0) is 14.8 Å². The van der Waals surface area contributed by atoms with E-state index in [-0.39, 0.29) is 10.9 Å². The van der Waals surface area contributed by atoms with Crippen LogP contribution in [0, 0.1) is 0 Å². The third-order valence-corrected chi connectivity index (χ3v) is 4.51. The van der Waals surface area contributed by atoms with Crippen molar-refractivity contribution in [2.75, 3.05) is 0 Å². The molecule has 21 heavy (non-hydrogen) atoms. The first-order chi connectivity index (χ1) is 10.0. The highest BCUT2D eigenvalue weighted by molar-refractivity contribution is 7.89. The molecule has 2 aromatic rings. The smallest absolute Gasteiger partial charge is 0.211 e. The Hall–Kier alpha value is -2.27. The van der Waals surface area contributed by atoms with Gasteiger partial charge in [0.05, 0.1) is 10.6 Å². The molecular weight excluding hydrogens is 288 g/mol. The topological polar surface area (TPSA) is 75.6 Å². The van der Waals surface area contributed by atoms with Gasteiger partial charge in [-0.3, -0.25) is 0 Å². The minimum Gasteiger partial charge on any atom is -0.211 e. The molecule has 0 bridgehead atoms. The first-order valence-electron chi connectivity index (χ1n) is 6.28. The van der Waals surface area contributed by atoms with E-state index in [9.17, 15) is 13.2 Å². The molecule has 6 heteroatoms. The monoisotopic (exact) mass is 302 g/mol. The molecule has 0 saturated heterocycles. The van der Waals surface area contributed by atoms with E-state index in [1.807, 2.05) is 30.3 Å². The van der Waals surface area contributed by atoms with E-state index in [4.69, 9.17) is 0 Å². The molecule has 0 aliphatic rings. The molecule has 0 amide bonds. The fourth-order valence-corrected chi connectivity index (χ4v) is 3.10. The average molecular weight is 302 g/mol. The number of isocyanates is 1. The molecule has 2 rings (SSSR count). The van der Waals surface area contributed by atoms with E-state index < -0.39 is 10.0 Å². The number of rotatable bonds is 5. The van der Waals surface area contributed by atoms with Crippen molar-refractivity contribution in [1.29, 1.82) is 0 Å². The first kappa shape index (κ1) is 15.1. The van der Waals surface area contributed by atoms with Crippen LogP contribution < -0.4 is 4.72 Å². The van der Waals surface area contributed by atoms with Crippen molar-refractivity contribution >= 4 is 21.8 Å². The lowest BCUT2D eigenvalue weighted by Crippen LogP contribution is -2.26. The van der Waals surface area contributed by atoms with Crippen LogP contribution in [0.4, 0.5) is 5.69 Å². The Bertz CT molecular complexity index is 749. The molecule has 1 unspecified atom stereocenters. The minimum absolute atomic E-state index is 0.120. The van der Waals surface area contributed by atoms with Gasteiger partial charge in [-0.25, -0.2) is 17.9 Å². The molecule has 0 spiro atoms. The lowest BCUT2D eigenvalue weighted by molar-refractivity contribution is 0.565. The normalized spacial score (nSPS) is 12.4. The highest BCUT2D eigenvalue weighted by atomic mass is 32.2. The molecular formula is C15H14N2O3S. The van der Waals surface area contributed by atoms with Crippen molar-refractivity contribution in [3.05, 3.63) is 60.2 Å². The summed E-state index contributed by atoms with van der Waals surface area (Å²) in [6.07, 6.45) is 1.41. The second-order valence-corrected chi connectivity index (χ2v) is 6.16. The number of benzene rings is 2. The van der Waals surface area contributed by atoms with Gasteiger partial charge >= 0.3 is 0 Å². The summed E-state index contributed by atoms with van der Waals surface area (Å²) in [4.78, 5) is 13.7. The summed E-state index contributed by atoms with van der Waals surface area (Å²) in [6.45, 7) is 1.78. The Balaban J connectivity index is 2.20. The number of hydrogen-bond acceptors (Lipinski definition) is 4. The molecule has 0 aliphatic carbocycles. The van der Waals surface area contributed by atoms with Crippen molar-refractivity contribution in [1.82, 2.24) is 4.72 Å². The summed E-state index contributed by atoms with van der Waals surface area (Å²) in [5, 5.41) is 0. The molecule has 1 N–H and O–H groups in total. The first-order valence-corrected chi connectivity index (χ1v) is 7.76. The van der Waals surface area contributed by atoms with E-state index in [0.717, 1.165) is 5.56 Å². The average Bonchev–Trinajstić information content (AvgIpc) is 2.48. The van der Waals surface area contributed by atoms with Crippen molar-refractivity contribution < 1.29 is 13.2 Å². The van der Waals surface area contributed by atoms with Crippen molar-refractivity contribution in [3.8, 4) is 0 Å². The second-order valence-electron chi connectivity index (χ2n) is 4.45. The summed E-state index contributed by atoms with van der Waals surface area (Å²) < 4.78 is 27.1. The summed E-state index contributed by atoms with van der Waals surface area (Å²) in [5.41, 5.74) is 1.24. The van der Waals surface area contributed by atoms with Crippen LogP contribution in [0.5, 0.6) is 0 Å². The third-order valence-electron chi connectivity index (χ3n) is 2.95. The Morgan fingerprint density at radius 3 is 2.24 bits per heavy atom. The number of nitrogens with zero attached hydrogens (tertiary/aromatic N) is 1. The van der Waals surface area contributed by atoms with Gasteiger partial charge in [0.25, 0.3) is 0 Å². The van der Waals surface area contributed by atoms with Gasteiger partial charge in [0.1, 0.15) is 0 Å². The van der Waals surface area contributed by atoms with E-state index in [0.29, 0.717) is 5.69 Å². The summed E-state index contributed by atoms with van der Waals surface area (Å²) >= 11 is 0. The van der Waals surface area contributed by atoms with Crippen LogP contribution in [0.25, 0.3) is 0 Å². The lowest BCUT2D eigenvalue weighted by atomic mass is 10.1. The van der Waals surface area contributed by atoms with E-state index >= 15 is 0 Å². The maximum Gasteiger partial charge on any atom is 0.241 e. The molecule has 0 fully saturated rings. The third kappa shape index (κ3) is 3.86. The SMILES string of the molecule is CC(NS(=O)(=O)c1ccc(N=C=O)cc1)c1ccccc1. The Kier molecular flexibility index (Phi) is 4.65. The van der Waals surface area contributed by atoms with Crippen LogP contribution in [-0.4, -0.2) is 14.5 Å². The summed E-state index contributed by atoms with van der Waals surface area (Å²) in [7, 11) is -3.63. The number of sulfonamides is 1. The van der Waals surface area contributed by atoms with Crippen LogP contribution in [0.3, 0.4) is 0 Å². The predicted molar refractivity (Wildman–Crippen MR) is 79.4 cm³/mol. The van der Waals surface area contributed by atoms with Crippen molar-refractivity contribution in [3.63, 3.8) is 0 Å². The molecule has 2 aromatic carbocycles. The highest BCUT2D eigenvalue weighted by Crippen LogP contribution is 2.19. The fraction of sp³-hybridized carbons (Fsp3) is 0.133. The quantitative estimate of drug-likeness (QED) is 0.681. The van der Waals surface area contributed by atoms with E-state index in [1.54, 1.807) is 6.92 Å². The van der Waals surface area contributed by atoms with Gasteiger partial charge in [-0.15, -0.1) is 0 Å². The van der Waals surface area contributed by atoms with Gasteiger partial charge in [0.2, 0.25) is 16.1 Å². The number of hydrogen-bond donors (Lipinski definition) is 1. The van der Waals surface area contributed by atoms with Crippen molar-refractivity contribution in [2.45, 2.75) is 17.9 Å². The van der Waals surface area contributed by atoms with Gasteiger partial charge in [0.15, 0.2) is 0 Å². The van der Waals surface area contributed by atoms with Gasteiger partial charge in [0, 0.05) is 6.04 Å². The van der Waals surface area contributed by atoms with Crippen LogP contribution in [0.15, 0.2) is 64.5 Å². The number of aliphatic imine (C=N–C) groups is 1. The van der Waals surface area contributed by atoms with E-state index in [2.05, 4.69) is 9.71 Å². The van der Waals surface area contributed by atoms with E-state index in [1.165, 1.54) is 30.3 Å². The largest absolute Gasteiger partial charge is 0.241 e. The highest BCUT2D eigenvalue weighted by Gasteiger charge is 2.18. The zero-order valence-corrected chi connectivity index (χ0v) is 12.2. The standard InChI is InChI=1S/C15H14N2O3S/c1-12(13-5-3-2-4-6-13)17-21(19,20)15-9-7-14(8-10-15)16-11-18/h2-10,12,17H,1H3. The van der Waals surface area contributed by atoms with Crippen LogP contribution >= 0.6 is 0 Å². The zero-order valence-electron chi connectivity index (χ0n) is 11.4. The van der Waals surface area contributed by atoms with Gasteiger partial charge < -0.3 is 0 Å². The minimum atomic E-state index is -3.63. The van der Waals surface area contributed by atoms with Gasteiger partial charge in [-0.05, 0) is 36.8 Å². The maximum absolute atomic E-state index is 12.3. The molecule has 0 radical (unpaired) electrons. The molecule has 108 valence electrons. The number of carbonyl (C=O) groups excluding carboxylic acids is 1. The predicted octanol–water partition coefficient (Wildman–Crippen LogP) is 2.69. The number of nitrogens with one attached hydrogen (secondary N) is 1. The maximum atomic E-state index is 12.3. The zero-order chi connectivity index (χ0) is 15.3. The van der Waals surface area contributed by atoms with Gasteiger partial charge in [-0.1, -0.05) is 30.3 Å². The Morgan fingerprint density at radius 1 is 1.05 bits per heavy atom. The molecule has 0 saturated carbocycles. The molecule has 0 aromatic heterocycles. The second kappa shape index (κ2) is 6.45. The molecule has 1 atom stereocenters. The Morgan fingerprint density at radius 2 is 1.67 bits per heavy atom. The van der Waals surface area contributed by atoms with Crippen molar-refractivity contribution in [2.24, 2.45) is 4.99 Å². The molecule has 0 aliphatic heterocycles. The molecule has 0 heterocycles. The summed E-state index contributed by atoms with van der Waals surface area (Å²) in [6, 6.07) is 14.6.